The van der Waals surface area contributed by atoms with Gasteiger partial charge < -0.3 is 14.5 Å². The predicted molar refractivity (Wildman–Crippen MR) is 112 cm³/mol. The largest absolute Gasteiger partial charge is 0.444 e. The van der Waals surface area contributed by atoms with E-state index in [1.165, 1.54) is 0 Å². The highest BCUT2D eigenvalue weighted by atomic mass is 16.6. The molecule has 0 radical (unpaired) electrons. The number of hydrogen-bond acceptors (Lipinski definition) is 6. The van der Waals surface area contributed by atoms with Gasteiger partial charge in [-0.3, -0.25) is 19.3 Å². The van der Waals surface area contributed by atoms with Crippen LogP contribution in [-0.2, 0) is 23.4 Å². The molecule has 3 heterocycles. The summed E-state index contributed by atoms with van der Waals surface area (Å²) in [7, 11) is 1.73. The van der Waals surface area contributed by atoms with Gasteiger partial charge in [0.2, 0.25) is 0 Å². The summed E-state index contributed by atoms with van der Waals surface area (Å²) in [5.74, 6) is -0.202. The molecule has 0 N–H and O–H groups in total. The van der Waals surface area contributed by atoms with Crippen LogP contribution < -0.4 is 0 Å². The molecule has 2 amide bonds. The summed E-state index contributed by atoms with van der Waals surface area (Å²) in [6, 6.07) is 3.43. The average Bonchev–Trinajstić information content (AvgIpc) is 3.44. The molecule has 0 saturated heterocycles. The highest BCUT2D eigenvalue weighted by Crippen LogP contribution is 2.51. The Morgan fingerprint density at radius 3 is 2.65 bits per heavy atom. The molecule has 1 aliphatic carbocycles. The van der Waals surface area contributed by atoms with Gasteiger partial charge in [0.05, 0.1) is 41.8 Å². The molecule has 0 bridgehead atoms. The highest BCUT2D eigenvalue weighted by molar-refractivity contribution is 5.96. The summed E-state index contributed by atoms with van der Waals surface area (Å²) < 4.78 is 7.25. The van der Waals surface area contributed by atoms with E-state index in [1.807, 2.05) is 20.8 Å². The first-order valence-corrected chi connectivity index (χ1v) is 10.4. The van der Waals surface area contributed by atoms with E-state index in [2.05, 4.69) is 10.1 Å². The Hall–Kier alpha value is -3.23. The Morgan fingerprint density at radius 1 is 1.26 bits per heavy atom. The molecule has 2 aromatic heterocycles. The van der Waals surface area contributed by atoms with Gasteiger partial charge in [0.15, 0.2) is 6.29 Å². The monoisotopic (exact) mass is 425 g/mol. The zero-order chi connectivity index (χ0) is 22.4. The van der Waals surface area contributed by atoms with Crippen molar-refractivity contribution in [3.05, 3.63) is 47.0 Å². The minimum absolute atomic E-state index is 0.202. The van der Waals surface area contributed by atoms with Crippen LogP contribution in [0, 0.1) is 0 Å². The van der Waals surface area contributed by atoms with E-state index in [0.29, 0.717) is 35.6 Å². The predicted octanol–water partition coefficient (Wildman–Crippen LogP) is 2.60. The first kappa shape index (κ1) is 21.0. The molecule has 0 aromatic carbocycles. The molecule has 31 heavy (non-hydrogen) atoms. The maximum absolute atomic E-state index is 13.5. The second-order valence-electron chi connectivity index (χ2n) is 9.08. The molecule has 1 saturated carbocycles. The Labute approximate surface area is 181 Å². The van der Waals surface area contributed by atoms with E-state index in [0.717, 1.165) is 19.1 Å². The number of carbonyl (C=O) groups excluding carboxylic acids is 3. The van der Waals surface area contributed by atoms with E-state index in [1.54, 1.807) is 46.1 Å². The van der Waals surface area contributed by atoms with E-state index in [9.17, 15) is 14.4 Å². The second kappa shape index (κ2) is 7.47. The third kappa shape index (κ3) is 3.80. The van der Waals surface area contributed by atoms with Gasteiger partial charge in [0.25, 0.3) is 5.91 Å². The quantitative estimate of drug-likeness (QED) is 0.699. The lowest BCUT2D eigenvalue weighted by molar-refractivity contribution is 0.0192. The molecule has 2 aliphatic rings. The minimum Gasteiger partial charge on any atom is -0.444 e. The fraction of sp³-hybridized carbons (Fsp3) is 0.500. The van der Waals surface area contributed by atoms with Gasteiger partial charge in [0, 0.05) is 25.4 Å². The van der Waals surface area contributed by atoms with Crippen molar-refractivity contribution in [3.63, 3.8) is 0 Å². The van der Waals surface area contributed by atoms with Crippen molar-refractivity contribution in [3.8, 4) is 0 Å². The fourth-order valence-electron chi connectivity index (χ4n) is 4.03. The number of amides is 2. The summed E-state index contributed by atoms with van der Waals surface area (Å²) in [6.07, 6.45) is 5.04. The van der Waals surface area contributed by atoms with Crippen LogP contribution in [0.25, 0.3) is 0 Å². The van der Waals surface area contributed by atoms with E-state index in [4.69, 9.17) is 4.74 Å². The topological polar surface area (TPSA) is 97.6 Å². The summed E-state index contributed by atoms with van der Waals surface area (Å²) in [5, 5.41) is 4.36. The van der Waals surface area contributed by atoms with Crippen LogP contribution in [0.5, 0.6) is 0 Å². The van der Waals surface area contributed by atoms with Crippen molar-refractivity contribution in [1.29, 1.82) is 0 Å². The van der Waals surface area contributed by atoms with Gasteiger partial charge in [-0.15, -0.1) is 0 Å². The van der Waals surface area contributed by atoms with Gasteiger partial charge in [-0.1, -0.05) is 0 Å². The molecule has 1 aliphatic heterocycles. The molecule has 9 heteroatoms. The summed E-state index contributed by atoms with van der Waals surface area (Å²) in [4.78, 5) is 45.2. The number of aromatic nitrogens is 3. The maximum Gasteiger partial charge on any atom is 0.410 e. The first-order valence-electron chi connectivity index (χ1n) is 10.4. The van der Waals surface area contributed by atoms with Crippen molar-refractivity contribution in [2.24, 2.45) is 0 Å². The van der Waals surface area contributed by atoms with Crippen LogP contribution in [0.2, 0.25) is 0 Å². The Balaban J connectivity index is 1.58. The molecule has 4 rings (SSSR count). The van der Waals surface area contributed by atoms with Crippen molar-refractivity contribution in [1.82, 2.24) is 24.6 Å². The molecule has 0 unspecified atom stereocenters. The normalized spacial score (nSPS) is 17.0. The third-order valence-electron chi connectivity index (χ3n) is 5.83. The molecule has 1 fully saturated rings. The lowest BCUT2D eigenvalue weighted by Gasteiger charge is -2.32. The number of ether oxygens (including phenoxy) is 1. The number of aldehydes is 1. The summed E-state index contributed by atoms with van der Waals surface area (Å²) in [5.41, 5.74) is 1.06. The number of nitrogens with zero attached hydrogens (tertiary/aromatic N) is 5. The van der Waals surface area contributed by atoms with E-state index < -0.39 is 17.2 Å². The van der Waals surface area contributed by atoms with Crippen LogP contribution in [0.15, 0.2) is 24.5 Å². The van der Waals surface area contributed by atoms with Crippen LogP contribution >= 0.6 is 0 Å². The zero-order valence-electron chi connectivity index (χ0n) is 18.3. The molecule has 2 aromatic rings. The van der Waals surface area contributed by atoms with Gasteiger partial charge in [-0.2, -0.15) is 5.10 Å². The van der Waals surface area contributed by atoms with Crippen molar-refractivity contribution in [2.45, 2.75) is 57.8 Å². The first-order chi connectivity index (χ1) is 14.7. The van der Waals surface area contributed by atoms with Crippen LogP contribution in [0.3, 0.4) is 0 Å². The molecule has 164 valence electrons. The number of fused-ring (bicyclic) bond motifs is 1. The van der Waals surface area contributed by atoms with Crippen molar-refractivity contribution < 1.29 is 19.1 Å². The molecular weight excluding hydrogens is 398 g/mol. The summed E-state index contributed by atoms with van der Waals surface area (Å²) in [6.45, 7) is 6.68. The Bertz CT molecular complexity index is 1030. The number of carbonyl (C=O) groups is 3. The summed E-state index contributed by atoms with van der Waals surface area (Å²) >= 11 is 0. The Morgan fingerprint density at radius 2 is 2.00 bits per heavy atom. The molecular formula is C22H27N5O4. The SMILES string of the molecule is CN(C(=O)c1cnn2c1CN(C(=O)OC(C)(C)C)CC2)C1(c2ncccc2C=O)CC1. The molecule has 0 spiro atoms. The van der Waals surface area contributed by atoms with E-state index in [-0.39, 0.29) is 12.5 Å². The smallest absolute Gasteiger partial charge is 0.410 e. The Kier molecular flexibility index (Phi) is 5.07. The maximum atomic E-state index is 13.5. The fourth-order valence-corrected chi connectivity index (χ4v) is 4.03. The van der Waals surface area contributed by atoms with Gasteiger partial charge in [0.1, 0.15) is 5.60 Å². The standard InChI is InChI=1S/C22H27N5O4/c1-21(2,3)31-20(30)26-10-11-27-17(13-26)16(12-24-27)19(29)25(4)22(7-8-22)18-15(14-28)6-5-9-23-18/h5-6,9,12,14H,7-8,10-11,13H2,1-4H3. The van der Waals surface area contributed by atoms with Gasteiger partial charge in [-0.05, 0) is 45.7 Å². The highest BCUT2D eigenvalue weighted by Gasteiger charge is 2.53. The minimum atomic E-state index is -0.594. The molecule has 0 atom stereocenters. The van der Waals surface area contributed by atoms with Gasteiger partial charge in [-0.25, -0.2) is 4.79 Å². The third-order valence-corrected chi connectivity index (χ3v) is 5.83. The van der Waals surface area contributed by atoms with Crippen molar-refractivity contribution in [2.75, 3.05) is 13.6 Å². The number of hydrogen-bond donors (Lipinski definition) is 0. The lowest BCUT2D eigenvalue weighted by atomic mass is 10.0. The number of pyridine rings is 1. The van der Waals surface area contributed by atoms with E-state index >= 15 is 0 Å². The van der Waals surface area contributed by atoms with Crippen molar-refractivity contribution >= 4 is 18.3 Å². The van der Waals surface area contributed by atoms with Crippen LogP contribution in [0.1, 0.15) is 65.7 Å². The van der Waals surface area contributed by atoms with Crippen LogP contribution in [0.4, 0.5) is 4.79 Å². The lowest BCUT2D eigenvalue weighted by Crippen LogP contribution is -2.43. The van der Waals surface area contributed by atoms with Gasteiger partial charge >= 0.3 is 6.09 Å². The molecule has 9 nitrogen and oxygen atoms in total. The zero-order valence-corrected chi connectivity index (χ0v) is 18.3. The van der Waals surface area contributed by atoms with Crippen LogP contribution in [-0.4, -0.2) is 62.0 Å². The number of rotatable bonds is 4. The average molecular weight is 425 g/mol. The second-order valence-corrected chi connectivity index (χ2v) is 9.08.